The van der Waals surface area contributed by atoms with Crippen molar-refractivity contribution in [3.8, 4) is 16.9 Å². The molecule has 1 atom stereocenters. The van der Waals surface area contributed by atoms with E-state index in [4.69, 9.17) is 15.6 Å². The molecule has 0 spiro atoms. The van der Waals surface area contributed by atoms with Crippen LogP contribution < -0.4 is 20.5 Å². The van der Waals surface area contributed by atoms with Crippen molar-refractivity contribution in [3.63, 3.8) is 0 Å². The van der Waals surface area contributed by atoms with E-state index in [1.807, 2.05) is 30.3 Å². The number of nitrogens with two attached hydrogens (primary N) is 1. The van der Waals surface area contributed by atoms with E-state index in [2.05, 4.69) is 22.2 Å². The summed E-state index contributed by atoms with van der Waals surface area (Å²) in [5.41, 5.74) is 10.4. The maximum Gasteiger partial charge on any atom is 0.268 e. The number of anilines is 1. The van der Waals surface area contributed by atoms with E-state index < -0.39 is 22.0 Å². The van der Waals surface area contributed by atoms with Gasteiger partial charge in [-0.25, -0.2) is 13.1 Å². The van der Waals surface area contributed by atoms with Crippen LogP contribution in [0.15, 0.2) is 66.7 Å². The standard InChI is InChI=1S/C33H43N3O6S/c34-28-16-13-26(14-17-28)31(38)23-35-19-4-6-24-9-11-25(12-10-24)27-15-18-30(33(39)36-43(40,41)21-5-20-37)32(22-27)42-29-7-2-1-3-8-29/h9-18,22,29,31,35,37-38H,1-8,19-21,23,34H2,(H,36,39)/t31-/m0/s1. The normalized spacial score (nSPS) is 14.7. The van der Waals surface area contributed by atoms with Gasteiger partial charge in [0.2, 0.25) is 10.0 Å². The van der Waals surface area contributed by atoms with E-state index in [-0.39, 0.29) is 30.4 Å². The number of amides is 1. The van der Waals surface area contributed by atoms with Crippen LogP contribution in [0.2, 0.25) is 0 Å². The van der Waals surface area contributed by atoms with E-state index in [1.165, 1.54) is 5.56 Å². The van der Waals surface area contributed by atoms with Gasteiger partial charge in [0.1, 0.15) is 5.75 Å². The summed E-state index contributed by atoms with van der Waals surface area (Å²) in [5, 5.41) is 22.6. The van der Waals surface area contributed by atoms with Gasteiger partial charge in [-0.2, -0.15) is 0 Å². The van der Waals surface area contributed by atoms with Crippen LogP contribution in [0.1, 0.15) is 72.5 Å². The Hall–Kier alpha value is -3.44. The average Bonchev–Trinajstić information content (AvgIpc) is 3.00. The molecule has 9 nitrogen and oxygen atoms in total. The summed E-state index contributed by atoms with van der Waals surface area (Å²) in [6, 6.07) is 20.7. The van der Waals surface area contributed by atoms with Gasteiger partial charge in [0.25, 0.3) is 5.91 Å². The number of carbonyl (C=O) groups is 1. The number of carbonyl (C=O) groups excluding carboxylic acids is 1. The molecule has 3 aromatic rings. The van der Waals surface area contributed by atoms with Crippen LogP contribution in [0, 0.1) is 0 Å². The van der Waals surface area contributed by atoms with Crippen molar-refractivity contribution in [2.45, 2.75) is 63.6 Å². The molecule has 232 valence electrons. The Bertz CT molecular complexity index is 1420. The molecular weight excluding hydrogens is 566 g/mol. The number of rotatable bonds is 15. The second kappa shape index (κ2) is 15.9. The first kappa shape index (κ1) is 32.5. The summed E-state index contributed by atoms with van der Waals surface area (Å²) in [7, 11) is -3.87. The number of nitrogens with one attached hydrogen (secondary N) is 2. The van der Waals surface area contributed by atoms with Gasteiger partial charge in [0.15, 0.2) is 0 Å². The zero-order valence-corrected chi connectivity index (χ0v) is 25.3. The van der Waals surface area contributed by atoms with Crippen molar-refractivity contribution in [1.82, 2.24) is 10.0 Å². The quantitative estimate of drug-likeness (QED) is 0.126. The van der Waals surface area contributed by atoms with Crippen molar-refractivity contribution in [2.24, 2.45) is 0 Å². The third kappa shape index (κ3) is 10.1. The van der Waals surface area contributed by atoms with Crippen LogP contribution >= 0.6 is 0 Å². The Kier molecular flexibility index (Phi) is 12.0. The zero-order chi connectivity index (χ0) is 30.7. The summed E-state index contributed by atoms with van der Waals surface area (Å²) in [4.78, 5) is 13.0. The highest BCUT2D eigenvalue weighted by Crippen LogP contribution is 2.31. The molecule has 4 rings (SSSR count). The molecule has 1 fully saturated rings. The van der Waals surface area contributed by atoms with Crippen molar-refractivity contribution < 1.29 is 28.2 Å². The summed E-state index contributed by atoms with van der Waals surface area (Å²) in [6.07, 6.45) is 6.29. The number of aliphatic hydroxyl groups is 2. The van der Waals surface area contributed by atoms with E-state index in [9.17, 15) is 18.3 Å². The highest BCUT2D eigenvalue weighted by Gasteiger charge is 2.23. The lowest BCUT2D eigenvalue weighted by Gasteiger charge is -2.24. The molecule has 3 aromatic carbocycles. The minimum Gasteiger partial charge on any atom is -0.490 e. The largest absolute Gasteiger partial charge is 0.490 e. The summed E-state index contributed by atoms with van der Waals surface area (Å²) in [6.45, 7) is 0.969. The van der Waals surface area contributed by atoms with Gasteiger partial charge in [0.05, 0.1) is 23.5 Å². The van der Waals surface area contributed by atoms with Gasteiger partial charge >= 0.3 is 0 Å². The van der Waals surface area contributed by atoms with Crippen molar-refractivity contribution in [2.75, 3.05) is 31.2 Å². The lowest BCUT2D eigenvalue weighted by molar-refractivity contribution is 0.0969. The fourth-order valence-corrected chi connectivity index (χ4v) is 6.21. The SMILES string of the molecule is Nc1ccc([C@@H](O)CNCCCc2ccc(-c3ccc(C(=O)NS(=O)(=O)CCCO)c(OC4CCCCC4)c3)cc2)cc1. The predicted molar refractivity (Wildman–Crippen MR) is 169 cm³/mol. The number of nitrogen functional groups attached to an aromatic ring is 1. The third-order valence-electron chi connectivity index (χ3n) is 7.66. The van der Waals surface area contributed by atoms with Gasteiger partial charge in [-0.3, -0.25) is 4.79 Å². The van der Waals surface area contributed by atoms with Gasteiger partial charge < -0.3 is 26.0 Å². The Balaban J connectivity index is 1.37. The molecular formula is C33H43N3O6S. The molecule has 10 heteroatoms. The fourth-order valence-electron chi connectivity index (χ4n) is 5.21. The number of aliphatic hydroxyl groups excluding tert-OH is 2. The van der Waals surface area contributed by atoms with Crippen molar-refractivity contribution in [3.05, 3.63) is 83.4 Å². The van der Waals surface area contributed by atoms with Crippen LogP contribution in [-0.4, -0.2) is 56.1 Å². The van der Waals surface area contributed by atoms with Crippen LogP contribution in [0.5, 0.6) is 5.75 Å². The van der Waals surface area contributed by atoms with Crippen LogP contribution in [0.3, 0.4) is 0 Å². The first-order valence-corrected chi connectivity index (χ1v) is 16.7. The van der Waals surface area contributed by atoms with Crippen LogP contribution in [0.25, 0.3) is 11.1 Å². The first-order chi connectivity index (χ1) is 20.7. The summed E-state index contributed by atoms with van der Waals surface area (Å²) >= 11 is 0. The third-order valence-corrected chi connectivity index (χ3v) is 8.98. The topological polar surface area (TPSA) is 151 Å². The molecule has 0 radical (unpaired) electrons. The highest BCUT2D eigenvalue weighted by molar-refractivity contribution is 7.90. The Morgan fingerprint density at radius 1 is 0.953 bits per heavy atom. The Morgan fingerprint density at radius 2 is 1.65 bits per heavy atom. The average molecular weight is 610 g/mol. The van der Waals surface area contributed by atoms with E-state index in [0.717, 1.165) is 68.2 Å². The molecule has 6 N–H and O–H groups in total. The molecule has 1 aliphatic carbocycles. The molecule has 0 aromatic heterocycles. The molecule has 0 saturated heterocycles. The number of sulfonamides is 1. The van der Waals surface area contributed by atoms with Gasteiger partial charge in [-0.05, 0) is 98.0 Å². The molecule has 1 amide bonds. The van der Waals surface area contributed by atoms with E-state index >= 15 is 0 Å². The molecule has 0 unspecified atom stereocenters. The van der Waals surface area contributed by atoms with Crippen LogP contribution in [0.4, 0.5) is 5.69 Å². The monoisotopic (exact) mass is 609 g/mol. The lowest BCUT2D eigenvalue weighted by atomic mass is 9.97. The second-order valence-corrected chi connectivity index (χ2v) is 12.9. The van der Waals surface area contributed by atoms with Crippen molar-refractivity contribution >= 4 is 21.6 Å². The minimum absolute atomic E-state index is 0.0230. The number of hydrogen-bond acceptors (Lipinski definition) is 8. The van der Waals surface area contributed by atoms with Gasteiger partial charge in [0, 0.05) is 18.8 Å². The number of aryl methyl sites for hydroxylation is 1. The Morgan fingerprint density at radius 3 is 2.35 bits per heavy atom. The van der Waals surface area contributed by atoms with Crippen molar-refractivity contribution in [1.29, 1.82) is 0 Å². The summed E-state index contributed by atoms with van der Waals surface area (Å²) in [5.74, 6) is -0.698. The maximum absolute atomic E-state index is 13.0. The fraction of sp³-hybridized carbons (Fsp3) is 0.424. The number of benzene rings is 3. The molecule has 1 saturated carbocycles. The molecule has 0 heterocycles. The molecule has 1 aliphatic rings. The lowest BCUT2D eigenvalue weighted by Crippen LogP contribution is -2.33. The Labute approximate surface area is 254 Å². The number of ether oxygens (including phenoxy) is 1. The minimum atomic E-state index is -3.87. The van der Waals surface area contributed by atoms with Crippen LogP contribution in [-0.2, 0) is 16.4 Å². The van der Waals surface area contributed by atoms with Gasteiger partial charge in [-0.15, -0.1) is 0 Å². The maximum atomic E-state index is 13.0. The van der Waals surface area contributed by atoms with E-state index in [0.29, 0.717) is 18.0 Å². The van der Waals surface area contributed by atoms with Gasteiger partial charge in [-0.1, -0.05) is 48.9 Å². The molecule has 0 aliphatic heterocycles. The first-order valence-electron chi connectivity index (χ1n) is 15.0. The smallest absolute Gasteiger partial charge is 0.268 e. The second-order valence-electron chi connectivity index (χ2n) is 11.1. The molecule has 0 bridgehead atoms. The predicted octanol–water partition coefficient (Wildman–Crippen LogP) is 4.35. The van der Waals surface area contributed by atoms with E-state index in [1.54, 1.807) is 24.3 Å². The molecule has 43 heavy (non-hydrogen) atoms. The highest BCUT2D eigenvalue weighted by atomic mass is 32.2. The number of hydrogen-bond donors (Lipinski definition) is 5. The summed E-state index contributed by atoms with van der Waals surface area (Å²) < 4.78 is 33.0. The zero-order valence-electron chi connectivity index (χ0n) is 24.5.